The topological polar surface area (TPSA) is 111 Å². The molecule has 0 spiro atoms. The summed E-state index contributed by atoms with van der Waals surface area (Å²) in [6.45, 7) is 1.57. The van der Waals surface area contributed by atoms with Crippen molar-refractivity contribution >= 4 is 28.4 Å². The van der Waals surface area contributed by atoms with Crippen LogP contribution in [0.15, 0.2) is 35.3 Å². The Kier molecular flexibility index (Phi) is 4.66. The van der Waals surface area contributed by atoms with Gasteiger partial charge in [0.15, 0.2) is 0 Å². The third-order valence-corrected chi connectivity index (χ3v) is 4.74. The maximum atomic E-state index is 12.3. The number of nitrogens with one attached hydrogen (secondary N) is 2. The summed E-state index contributed by atoms with van der Waals surface area (Å²) >= 11 is 0. The molecule has 0 amide bonds. The van der Waals surface area contributed by atoms with Crippen LogP contribution in [-0.4, -0.2) is 33.3 Å². The molecule has 4 rings (SSSR count). The molecule has 1 saturated heterocycles. The van der Waals surface area contributed by atoms with Gasteiger partial charge in [-0.25, -0.2) is 10.1 Å². The van der Waals surface area contributed by atoms with Crippen molar-refractivity contribution in [1.29, 1.82) is 5.26 Å². The third-order valence-electron chi connectivity index (χ3n) is 4.74. The van der Waals surface area contributed by atoms with E-state index < -0.39 is 0 Å². The van der Waals surface area contributed by atoms with Gasteiger partial charge in [0.05, 0.1) is 12.3 Å². The monoisotopic (exact) mass is 360 g/mol. The Bertz CT molecular complexity index is 1030. The third kappa shape index (κ3) is 3.58. The highest BCUT2D eigenvalue weighted by atomic mass is 16.1. The van der Waals surface area contributed by atoms with E-state index >= 15 is 0 Å². The van der Waals surface area contributed by atoms with E-state index in [4.69, 9.17) is 5.26 Å². The number of nitriles is 1. The van der Waals surface area contributed by atoms with Crippen molar-refractivity contribution in [3.05, 3.63) is 46.9 Å². The van der Waals surface area contributed by atoms with Gasteiger partial charge < -0.3 is 10.2 Å². The Hall–Kier alpha value is -3.47. The second-order valence-corrected chi connectivity index (χ2v) is 6.53. The van der Waals surface area contributed by atoms with Gasteiger partial charge in [-0.2, -0.15) is 15.3 Å². The first-order chi connectivity index (χ1) is 13.2. The minimum Gasteiger partial charge on any atom is -0.341 e. The standard InChI is InChI=1S/C19H18N7O/c20-9-6-13-7-10-26(11-8-13)19-23-15-12-21-25-18(27)16(15)17(24-19)22-14-4-2-1-3-5-14/h1-4,12-13H,6-8,10-11H2,(H,25,27)(H,22,23,24). The summed E-state index contributed by atoms with van der Waals surface area (Å²) in [5.41, 5.74) is 0.860. The fourth-order valence-corrected chi connectivity index (χ4v) is 3.29. The highest BCUT2D eigenvalue weighted by Crippen LogP contribution is 2.27. The summed E-state index contributed by atoms with van der Waals surface area (Å²) in [5.74, 6) is 1.41. The van der Waals surface area contributed by atoms with Gasteiger partial charge in [0.25, 0.3) is 5.56 Å². The van der Waals surface area contributed by atoms with E-state index in [0.717, 1.165) is 25.9 Å². The van der Waals surface area contributed by atoms with Crippen LogP contribution in [0.2, 0.25) is 0 Å². The molecule has 0 atom stereocenters. The van der Waals surface area contributed by atoms with Crippen LogP contribution in [0.25, 0.3) is 10.9 Å². The molecule has 27 heavy (non-hydrogen) atoms. The lowest BCUT2D eigenvalue weighted by molar-refractivity contribution is 0.409. The number of hydrogen-bond acceptors (Lipinski definition) is 7. The molecule has 0 unspecified atom stereocenters. The predicted octanol–water partition coefficient (Wildman–Crippen LogP) is 2.39. The summed E-state index contributed by atoms with van der Waals surface area (Å²) < 4.78 is 0. The molecule has 0 aliphatic carbocycles. The Morgan fingerprint density at radius 3 is 2.93 bits per heavy atom. The molecule has 0 bridgehead atoms. The van der Waals surface area contributed by atoms with Gasteiger partial charge in [-0.05, 0) is 24.8 Å². The number of H-pyrrole nitrogens is 1. The lowest BCUT2D eigenvalue weighted by Crippen LogP contribution is -2.35. The second kappa shape index (κ2) is 7.41. The summed E-state index contributed by atoms with van der Waals surface area (Å²) in [6, 6.07) is 12.7. The second-order valence-electron chi connectivity index (χ2n) is 6.53. The van der Waals surface area contributed by atoms with Crippen LogP contribution in [0.1, 0.15) is 19.3 Å². The number of rotatable bonds is 4. The van der Waals surface area contributed by atoms with Gasteiger partial charge in [-0.15, -0.1) is 0 Å². The van der Waals surface area contributed by atoms with Crippen molar-refractivity contribution in [2.45, 2.75) is 19.3 Å². The minimum atomic E-state index is -0.342. The van der Waals surface area contributed by atoms with E-state index in [1.54, 1.807) is 6.07 Å². The molecule has 1 fully saturated rings. The molecule has 0 saturated carbocycles. The molecule has 1 radical (unpaired) electrons. The van der Waals surface area contributed by atoms with Crippen LogP contribution in [0.4, 0.5) is 17.5 Å². The molecular weight excluding hydrogens is 342 g/mol. The molecule has 3 aromatic rings. The van der Waals surface area contributed by atoms with Gasteiger partial charge in [-0.3, -0.25) is 4.79 Å². The average molecular weight is 360 g/mol. The number of nitrogens with zero attached hydrogens (tertiary/aromatic N) is 5. The number of piperidine rings is 1. The molecule has 1 aliphatic heterocycles. The number of hydrogen-bond donors (Lipinski definition) is 2. The van der Waals surface area contributed by atoms with Crippen LogP contribution in [0.3, 0.4) is 0 Å². The van der Waals surface area contributed by atoms with E-state index in [1.807, 2.05) is 18.2 Å². The number of benzene rings is 1. The van der Waals surface area contributed by atoms with Crippen molar-refractivity contribution < 1.29 is 0 Å². The summed E-state index contributed by atoms with van der Waals surface area (Å²) in [7, 11) is 0. The molecule has 3 heterocycles. The number of anilines is 3. The molecule has 1 aromatic carbocycles. The highest BCUT2D eigenvalue weighted by Gasteiger charge is 2.22. The normalized spacial score (nSPS) is 14.9. The molecule has 2 aromatic heterocycles. The quantitative estimate of drug-likeness (QED) is 0.735. The maximum Gasteiger partial charge on any atom is 0.277 e. The summed E-state index contributed by atoms with van der Waals surface area (Å²) in [6.07, 6.45) is 3.97. The molecule has 1 aliphatic rings. The molecule has 135 valence electrons. The van der Waals surface area contributed by atoms with E-state index in [2.05, 4.69) is 42.5 Å². The lowest BCUT2D eigenvalue weighted by atomic mass is 9.94. The van der Waals surface area contributed by atoms with Crippen molar-refractivity contribution in [3.63, 3.8) is 0 Å². The fourth-order valence-electron chi connectivity index (χ4n) is 3.29. The largest absolute Gasteiger partial charge is 0.341 e. The molecule has 8 heteroatoms. The van der Waals surface area contributed by atoms with Crippen LogP contribution in [0, 0.1) is 23.3 Å². The fraction of sp³-hybridized carbons (Fsp3) is 0.316. The van der Waals surface area contributed by atoms with Crippen LogP contribution >= 0.6 is 0 Å². The van der Waals surface area contributed by atoms with Gasteiger partial charge in [0.1, 0.15) is 16.7 Å². The first-order valence-corrected chi connectivity index (χ1v) is 8.85. The Morgan fingerprint density at radius 2 is 2.19 bits per heavy atom. The van der Waals surface area contributed by atoms with Crippen LogP contribution in [-0.2, 0) is 0 Å². The Balaban J connectivity index is 1.71. The summed E-state index contributed by atoms with van der Waals surface area (Å²) in [4.78, 5) is 23.6. The van der Waals surface area contributed by atoms with Crippen molar-refractivity contribution in [3.8, 4) is 6.07 Å². The lowest BCUT2D eigenvalue weighted by Gasteiger charge is -2.31. The summed E-state index contributed by atoms with van der Waals surface area (Å²) in [5, 5.41) is 18.7. The SMILES string of the molecule is N#CCC1CCN(c2nc(Nc3[c]cccc3)c3c(=O)[nH]ncc3n2)CC1. The van der Waals surface area contributed by atoms with Gasteiger partial charge >= 0.3 is 0 Å². The Labute approximate surface area is 155 Å². The number of aromatic amines is 1. The number of para-hydroxylation sites is 1. The van der Waals surface area contributed by atoms with E-state index in [9.17, 15) is 4.79 Å². The molecule has 8 nitrogen and oxygen atoms in total. The molecule has 2 N–H and O–H groups in total. The predicted molar refractivity (Wildman–Crippen MR) is 102 cm³/mol. The first kappa shape index (κ1) is 17.0. The van der Waals surface area contributed by atoms with Crippen LogP contribution in [0.5, 0.6) is 0 Å². The number of aromatic nitrogens is 4. The molecular formula is C19H18N7O. The van der Waals surface area contributed by atoms with Gasteiger partial charge in [0.2, 0.25) is 5.95 Å². The highest BCUT2D eigenvalue weighted by molar-refractivity contribution is 5.90. The smallest absolute Gasteiger partial charge is 0.277 e. The van der Waals surface area contributed by atoms with Crippen molar-refractivity contribution in [1.82, 2.24) is 20.2 Å². The van der Waals surface area contributed by atoms with E-state index in [-0.39, 0.29) is 5.56 Å². The van der Waals surface area contributed by atoms with Gasteiger partial charge in [-0.1, -0.05) is 18.2 Å². The average Bonchev–Trinajstić information content (AvgIpc) is 2.69. The first-order valence-electron chi connectivity index (χ1n) is 8.85. The minimum absolute atomic E-state index is 0.342. The zero-order chi connectivity index (χ0) is 18.6. The van der Waals surface area contributed by atoms with Crippen molar-refractivity contribution in [2.75, 3.05) is 23.3 Å². The zero-order valence-electron chi connectivity index (χ0n) is 14.6. The van der Waals surface area contributed by atoms with Crippen LogP contribution < -0.4 is 15.8 Å². The maximum absolute atomic E-state index is 12.3. The van der Waals surface area contributed by atoms with E-state index in [0.29, 0.717) is 40.7 Å². The van der Waals surface area contributed by atoms with Gasteiger partial charge in [0, 0.05) is 31.3 Å². The number of fused-ring (bicyclic) bond motifs is 1. The van der Waals surface area contributed by atoms with Crippen molar-refractivity contribution in [2.24, 2.45) is 5.92 Å². The zero-order valence-corrected chi connectivity index (χ0v) is 14.6. The Morgan fingerprint density at radius 1 is 1.33 bits per heavy atom. The van der Waals surface area contributed by atoms with E-state index in [1.165, 1.54) is 6.20 Å².